The maximum Gasteiger partial charge on any atom is 0.335 e. The monoisotopic (exact) mass is 364 g/mol. The second-order valence-electron chi connectivity index (χ2n) is 9.65. The van der Waals surface area contributed by atoms with Gasteiger partial charge in [-0.1, -0.05) is 55.4 Å². The van der Waals surface area contributed by atoms with E-state index in [-0.39, 0.29) is 34.6 Å². The van der Waals surface area contributed by atoms with Crippen molar-refractivity contribution in [2.24, 2.45) is 34.5 Å². The fourth-order valence-corrected chi connectivity index (χ4v) is 4.65. The molecule has 3 rings (SSSR count). The summed E-state index contributed by atoms with van der Waals surface area (Å²) in [6.45, 7) is 17.4. The smallest absolute Gasteiger partial charge is 0.335 e. The predicted octanol–water partition coefficient (Wildman–Crippen LogP) is 4.77. The van der Waals surface area contributed by atoms with Gasteiger partial charge in [-0.2, -0.15) is 0 Å². The number of rotatable bonds is 6. The average Bonchev–Trinajstić information content (AvgIpc) is 2.56. The lowest BCUT2D eigenvalue weighted by Crippen LogP contribution is -2.55. The van der Waals surface area contributed by atoms with E-state index in [2.05, 4.69) is 27.7 Å². The first-order valence-electron chi connectivity index (χ1n) is 10.0. The zero-order valence-corrected chi connectivity index (χ0v) is 17.8. The van der Waals surface area contributed by atoms with Crippen molar-refractivity contribution in [1.82, 2.24) is 0 Å². The standard InChI is InChI=1S/C22H36O4/c1-13(2)11-25-19(23)17-18(20(24)26-12-14(3)4)22(8)10-9-21(17,7)15(5)16(22)6/h13-16H,9-12H2,1-8H3. The molecule has 4 unspecified atom stereocenters. The van der Waals surface area contributed by atoms with Crippen molar-refractivity contribution >= 4 is 11.9 Å². The molecule has 0 aliphatic heterocycles. The van der Waals surface area contributed by atoms with E-state index in [0.29, 0.717) is 36.2 Å². The Kier molecular flexibility index (Phi) is 5.94. The van der Waals surface area contributed by atoms with Gasteiger partial charge in [0.05, 0.1) is 24.4 Å². The highest BCUT2D eigenvalue weighted by Gasteiger charge is 2.61. The lowest BCUT2D eigenvalue weighted by atomic mass is 9.44. The van der Waals surface area contributed by atoms with Crippen LogP contribution in [0.3, 0.4) is 0 Å². The topological polar surface area (TPSA) is 52.6 Å². The maximum atomic E-state index is 13.1. The van der Waals surface area contributed by atoms with Crippen LogP contribution < -0.4 is 0 Å². The van der Waals surface area contributed by atoms with Crippen molar-refractivity contribution in [1.29, 1.82) is 0 Å². The van der Waals surface area contributed by atoms with Crippen molar-refractivity contribution in [2.75, 3.05) is 13.2 Å². The first kappa shape index (κ1) is 21.0. The van der Waals surface area contributed by atoms with Crippen LogP contribution in [0.25, 0.3) is 0 Å². The highest BCUT2D eigenvalue weighted by atomic mass is 16.5. The van der Waals surface area contributed by atoms with Crippen LogP contribution in [-0.4, -0.2) is 25.2 Å². The summed E-state index contributed by atoms with van der Waals surface area (Å²) in [7, 11) is 0. The molecule has 0 aromatic rings. The molecule has 0 amide bonds. The molecule has 0 spiro atoms. The largest absolute Gasteiger partial charge is 0.462 e. The summed E-state index contributed by atoms with van der Waals surface area (Å²) in [6.07, 6.45) is 1.81. The number of esters is 2. The maximum absolute atomic E-state index is 13.1. The van der Waals surface area contributed by atoms with E-state index in [1.165, 1.54) is 0 Å². The Balaban J connectivity index is 2.53. The third kappa shape index (κ3) is 3.44. The van der Waals surface area contributed by atoms with E-state index in [4.69, 9.17) is 9.47 Å². The zero-order valence-electron chi connectivity index (χ0n) is 17.8. The molecule has 4 nitrogen and oxygen atoms in total. The lowest BCUT2D eigenvalue weighted by molar-refractivity contribution is -0.151. The number of ether oxygens (including phenoxy) is 2. The molecule has 1 fully saturated rings. The third-order valence-corrected chi connectivity index (χ3v) is 6.82. The van der Waals surface area contributed by atoms with Gasteiger partial charge in [-0.3, -0.25) is 0 Å². The van der Waals surface area contributed by atoms with E-state index in [0.717, 1.165) is 12.8 Å². The molecular formula is C22H36O4. The van der Waals surface area contributed by atoms with Gasteiger partial charge < -0.3 is 9.47 Å². The highest BCUT2D eigenvalue weighted by molar-refractivity contribution is 6.03. The Morgan fingerprint density at radius 1 is 0.846 bits per heavy atom. The molecule has 3 aliphatic rings. The highest BCUT2D eigenvalue weighted by Crippen LogP contribution is 2.64. The van der Waals surface area contributed by atoms with E-state index >= 15 is 0 Å². The first-order valence-corrected chi connectivity index (χ1v) is 10.0. The molecular weight excluding hydrogens is 328 g/mol. The summed E-state index contributed by atoms with van der Waals surface area (Å²) >= 11 is 0. The van der Waals surface area contributed by atoms with Gasteiger partial charge in [0.1, 0.15) is 0 Å². The van der Waals surface area contributed by atoms with Crippen molar-refractivity contribution < 1.29 is 19.1 Å². The van der Waals surface area contributed by atoms with Gasteiger partial charge in [0, 0.05) is 10.8 Å². The molecule has 0 saturated heterocycles. The van der Waals surface area contributed by atoms with Gasteiger partial charge in [0.2, 0.25) is 0 Å². The Morgan fingerprint density at radius 3 is 1.42 bits per heavy atom. The predicted molar refractivity (Wildman–Crippen MR) is 102 cm³/mol. The molecule has 0 radical (unpaired) electrons. The minimum Gasteiger partial charge on any atom is -0.462 e. The Hall–Kier alpha value is -1.32. The molecule has 2 bridgehead atoms. The fraction of sp³-hybridized carbons (Fsp3) is 0.818. The normalized spacial score (nSPS) is 33.8. The number of hydrogen-bond donors (Lipinski definition) is 0. The zero-order chi connectivity index (χ0) is 19.9. The molecule has 0 N–H and O–H groups in total. The van der Waals surface area contributed by atoms with Crippen molar-refractivity contribution in [3.05, 3.63) is 11.1 Å². The molecule has 0 aromatic carbocycles. The minimum absolute atomic E-state index is 0.261. The molecule has 4 heteroatoms. The average molecular weight is 365 g/mol. The van der Waals surface area contributed by atoms with Crippen LogP contribution in [0.4, 0.5) is 0 Å². The van der Waals surface area contributed by atoms with Crippen molar-refractivity contribution in [2.45, 2.75) is 68.2 Å². The summed E-state index contributed by atoms with van der Waals surface area (Å²) in [5.41, 5.74) is 0.479. The lowest BCUT2D eigenvalue weighted by Gasteiger charge is -2.59. The van der Waals surface area contributed by atoms with Gasteiger partial charge in [0.15, 0.2) is 0 Å². The second-order valence-corrected chi connectivity index (χ2v) is 9.65. The fourth-order valence-electron chi connectivity index (χ4n) is 4.65. The van der Waals surface area contributed by atoms with Gasteiger partial charge >= 0.3 is 11.9 Å². The van der Waals surface area contributed by atoms with Crippen molar-refractivity contribution in [3.8, 4) is 0 Å². The van der Waals surface area contributed by atoms with Gasteiger partial charge in [0.25, 0.3) is 0 Å². The SMILES string of the molecule is CC(C)COC(=O)C1=C(C(=O)OCC(C)C)C2(C)CCC1(C)C(C)C2C. The Bertz CT molecular complexity index is 551. The van der Waals surface area contributed by atoms with E-state index < -0.39 is 0 Å². The summed E-state index contributed by atoms with van der Waals surface area (Å²) < 4.78 is 11.2. The van der Waals surface area contributed by atoms with Crippen LogP contribution in [-0.2, 0) is 19.1 Å². The Morgan fingerprint density at radius 2 is 1.15 bits per heavy atom. The van der Waals surface area contributed by atoms with Gasteiger partial charge in [-0.05, 0) is 36.5 Å². The number of fused-ring (bicyclic) bond motifs is 2. The molecule has 1 saturated carbocycles. The van der Waals surface area contributed by atoms with E-state index in [1.807, 2.05) is 27.7 Å². The summed E-state index contributed by atoms with van der Waals surface area (Å²) in [4.78, 5) is 26.1. The molecule has 26 heavy (non-hydrogen) atoms. The van der Waals surface area contributed by atoms with Crippen molar-refractivity contribution in [3.63, 3.8) is 0 Å². The van der Waals surface area contributed by atoms with E-state index in [1.54, 1.807) is 0 Å². The molecule has 4 atom stereocenters. The van der Waals surface area contributed by atoms with E-state index in [9.17, 15) is 9.59 Å². The van der Waals surface area contributed by atoms with Crippen LogP contribution >= 0.6 is 0 Å². The quantitative estimate of drug-likeness (QED) is 0.637. The van der Waals surface area contributed by atoms with Gasteiger partial charge in [-0.15, -0.1) is 0 Å². The van der Waals surface area contributed by atoms with Crippen LogP contribution in [0.2, 0.25) is 0 Å². The minimum atomic E-state index is -0.336. The molecule has 3 aliphatic carbocycles. The van der Waals surface area contributed by atoms with Crippen LogP contribution in [0.1, 0.15) is 68.2 Å². The Labute approximate surface area is 158 Å². The summed E-state index contributed by atoms with van der Waals surface area (Å²) in [6, 6.07) is 0. The van der Waals surface area contributed by atoms with Crippen LogP contribution in [0.15, 0.2) is 11.1 Å². The molecule has 148 valence electrons. The summed E-state index contributed by atoms with van der Waals surface area (Å²) in [5.74, 6) is 0.478. The first-order chi connectivity index (χ1) is 11.9. The number of carbonyl (C=O) groups excluding carboxylic acids is 2. The second kappa shape index (κ2) is 7.36. The molecule has 0 aromatic heterocycles. The van der Waals surface area contributed by atoms with Gasteiger partial charge in [-0.25, -0.2) is 9.59 Å². The summed E-state index contributed by atoms with van der Waals surface area (Å²) in [5, 5.41) is 0. The third-order valence-electron chi connectivity index (χ3n) is 6.82. The molecule has 0 heterocycles. The number of carbonyl (C=O) groups is 2. The van der Waals surface area contributed by atoms with Crippen LogP contribution in [0, 0.1) is 34.5 Å². The van der Waals surface area contributed by atoms with Crippen LogP contribution in [0.5, 0.6) is 0 Å². The number of hydrogen-bond acceptors (Lipinski definition) is 4.